The molecule has 0 radical (unpaired) electrons. The molecule has 2 aliphatic heterocycles. The number of piperidine rings is 1. The van der Waals surface area contributed by atoms with Crippen molar-refractivity contribution in [1.82, 2.24) is 9.88 Å². The molecule has 148 valence electrons. The number of carbonyl (C=O) groups is 2. The van der Waals surface area contributed by atoms with E-state index in [1.165, 1.54) is 12.1 Å². The highest BCUT2D eigenvalue weighted by molar-refractivity contribution is 7.17. The van der Waals surface area contributed by atoms with Gasteiger partial charge in [-0.1, -0.05) is 17.4 Å². The number of hydrogen-bond acceptors (Lipinski definition) is 5. The van der Waals surface area contributed by atoms with Gasteiger partial charge in [-0.25, -0.2) is 19.0 Å². The number of carbonyl (C=O) groups excluding carboxylic acids is 1. The first-order valence-electron chi connectivity index (χ1n) is 9.09. The number of nitrogens with zero attached hydrogens (tertiary/aromatic N) is 2. The van der Waals surface area contributed by atoms with Gasteiger partial charge in [-0.05, 0) is 31.4 Å². The summed E-state index contributed by atoms with van der Waals surface area (Å²) < 4.78 is 19.7. The van der Waals surface area contributed by atoms with Crippen molar-refractivity contribution in [3.63, 3.8) is 0 Å². The quantitative estimate of drug-likeness (QED) is 0.795. The zero-order chi connectivity index (χ0) is 19.9. The molecular weight excluding hydrogens is 385 g/mol. The first kappa shape index (κ1) is 18.7. The second-order valence-electron chi connectivity index (χ2n) is 7.19. The van der Waals surface area contributed by atoms with Gasteiger partial charge < -0.3 is 14.7 Å². The molecular formula is C19H20FN3O4S. The Morgan fingerprint density at radius 2 is 2.07 bits per heavy atom. The number of nitrogens with one attached hydrogen (secondary N) is 1. The average Bonchev–Trinajstić information content (AvgIpc) is 3.02. The van der Waals surface area contributed by atoms with Gasteiger partial charge in [0.2, 0.25) is 0 Å². The molecule has 2 N–H and O–H groups in total. The molecule has 3 heterocycles. The highest BCUT2D eigenvalue weighted by Gasteiger charge is 2.40. The van der Waals surface area contributed by atoms with E-state index >= 15 is 0 Å². The molecule has 4 rings (SSSR count). The van der Waals surface area contributed by atoms with Gasteiger partial charge in [-0.3, -0.25) is 5.32 Å². The van der Waals surface area contributed by atoms with E-state index in [-0.39, 0.29) is 27.5 Å². The number of rotatable bonds is 2. The van der Waals surface area contributed by atoms with E-state index in [4.69, 9.17) is 9.84 Å². The van der Waals surface area contributed by atoms with Crippen LogP contribution in [-0.2, 0) is 6.42 Å². The topological polar surface area (TPSA) is 91.8 Å². The molecule has 2 amide bonds. The average molecular weight is 405 g/mol. The summed E-state index contributed by atoms with van der Waals surface area (Å²) >= 11 is 0.946. The maximum atomic E-state index is 13.5. The van der Waals surface area contributed by atoms with Crippen LogP contribution in [-0.4, -0.2) is 45.7 Å². The summed E-state index contributed by atoms with van der Waals surface area (Å²) in [5.41, 5.74) is 1.03. The van der Waals surface area contributed by atoms with Gasteiger partial charge in [-0.2, -0.15) is 0 Å². The number of anilines is 1. The van der Waals surface area contributed by atoms with E-state index in [1.54, 1.807) is 17.9 Å². The SMILES string of the molecule is Cc1nc(NC(=O)N2CCC3(CCc4ccc(F)cc4O3)CC2)sc1C(=O)O. The van der Waals surface area contributed by atoms with Gasteiger partial charge in [0.25, 0.3) is 0 Å². The van der Waals surface area contributed by atoms with E-state index in [9.17, 15) is 14.0 Å². The summed E-state index contributed by atoms with van der Waals surface area (Å²) in [5, 5.41) is 12.1. The minimum atomic E-state index is -1.05. The number of benzene rings is 1. The lowest BCUT2D eigenvalue weighted by molar-refractivity contribution is -0.00460. The molecule has 7 nitrogen and oxygen atoms in total. The van der Waals surface area contributed by atoms with Crippen molar-refractivity contribution in [3.8, 4) is 5.75 Å². The third-order valence-corrected chi connectivity index (χ3v) is 6.43. The fourth-order valence-corrected chi connectivity index (χ4v) is 4.56. The Kier molecular flexibility index (Phi) is 4.70. The van der Waals surface area contributed by atoms with Gasteiger partial charge in [0.1, 0.15) is 22.0 Å². The molecule has 1 aromatic carbocycles. The predicted octanol–water partition coefficient (Wildman–Crippen LogP) is 3.68. The van der Waals surface area contributed by atoms with Gasteiger partial charge >= 0.3 is 12.0 Å². The lowest BCUT2D eigenvalue weighted by atomic mass is 9.83. The summed E-state index contributed by atoms with van der Waals surface area (Å²) in [4.78, 5) is 29.5. The van der Waals surface area contributed by atoms with Crippen LogP contribution in [0.3, 0.4) is 0 Å². The largest absolute Gasteiger partial charge is 0.487 e. The van der Waals surface area contributed by atoms with Crippen molar-refractivity contribution in [2.24, 2.45) is 0 Å². The molecule has 1 aromatic heterocycles. The zero-order valence-corrected chi connectivity index (χ0v) is 16.1. The third-order valence-electron chi connectivity index (χ3n) is 5.37. The number of amides is 2. The summed E-state index contributed by atoms with van der Waals surface area (Å²) in [6.07, 6.45) is 2.99. The molecule has 9 heteroatoms. The molecule has 0 unspecified atom stereocenters. The van der Waals surface area contributed by atoms with Gasteiger partial charge in [0.15, 0.2) is 5.13 Å². The Labute approximate surface area is 165 Å². The maximum absolute atomic E-state index is 13.5. The van der Waals surface area contributed by atoms with E-state index in [2.05, 4.69) is 10.3 Å². The van der Waals surface area contributed by atoms with Crippen molar-refractivity contribution in [2.45, 2.75) is 38.2 Å². The lowest BCUT2D eigenvalue weighted by Crippen LogP contribution is -2.52. The first-order chi connectivity index (χ1) is 13.3. The van der Waals surface area contributed by atoms with Crippen LogP contribution in [0.2, 0.25) is 0 Å². The van der Waals surface area contributed by atoms with Crippen LogP contribution in [0.15, 0.2) is 18.2 Å². The molecule has 0 atom stereocenters. The number of likely N-dealkylation sites (tertiary alicyclic amines) is 1. The molecule has 1 fully saturated rings. The summed E-state index contributed by atoms with van der Waals surface area (Å²) in [6.45, 7) is 2.61. The highest BCUT2D eigenvalue weighted by Crippen LogP contribution is 2.39. The van der Waals surface area contributed by atoms with Crippen LogP contribution < -0.4 is 10.1 Å². The number of aromatic nitrogens is 1. The molecule has 0 saturated carbocycles. The monoisotopic (exact) mass is 405 g/mol. The van der Waals surface area contributed by atoms with Gasteiger partial charge in [0, 0.05) is 32.0 Å². The standard InChI is InChI=1S/C19H20FN3O4S/c1-11-15(16(24)25)28-17(21-11)22-18(26)23-8-6-19(7-9-23)5-4-12-2-3-13(20)10-14(12)27-19/h2-3,10H,4-9H2,1H3,(H,24,25)(H,21,22,26). The molecule has 2 aromatic rings. The molecule has 28 heavy (non-hydrogen) atoms. The number of hydrogen-bond donors (Lipinski definition) is 2. The predicted molar refractivity (Wildman–Crippen MR) is 102 cm³/mol. The molecule has 2 aliphatic rings. The normalized spacial score (nSPS) is 17.7. The number of aromatic carboxylic acids is 1. The fourth-order valence-electron chi connectivity index (χ4n) is 3.76. The fraction of sp³-hybridized carbons (Fsp3) is 0.421. The van der Waals surface area contributed by atoms with Crippen molar-refractivity contribution in [3.05, 3.63) is 40.2 Å². The van der Waals surface area contributed by atoms with Crippen molar-refractivity contribution in [2.75, 3.05) is 18.4 Å². The molecule has 0 bridgehead atoms. The highest BCUT2D eigenvalue weighted by atomic mass is 32.1. The minimum absolute atomic E-state index is 0.120. The molecule has 0 aliphatic carbocycles. The number of urea groups is 1. The van der Waals surface area contributed by atoms with Crippen LogP contribution in [0, 0.1) is 12.7 Å². The van der Waals surface area contributed by atoms with Crippen molar-refractivity contribution in [1.29, 1.82) is 0 Å². The number of carboxylic acids is 1. The summed E-state index contributed by atoms with van der Waals surface area (Å²) in [6, 6.07) is 4.34. The number of aryl methyl sites for hydroxylation is 2. The van der Waals surface area contributed by atoms with Crippen LogP contribution in [0.25, 0.3) is 0 Å². The van der Waals surface area contributed by atoms with Crippen LogP contribution in [0.1, 0.15) is 40.2 Å². The van der Waals surface area contributed by atoms with Crippen LogP contribution >= 0.6 is 11.3 Å². The van der Waals surface area contributed by atoms with Crippen LogP contribution in [0.4, 0.5) is 14.3 Å². The number of thiazole rings is 1. The van der Waals surface area contributed by atoms with E-state index in [1.807, 2.05) is 0 Å². The van der Waals surface area contributed by atoms with E-state index in [0.29, 0.717) is 37.4 Å². The van der Waals surface area contributed by atoms with E-state index in [0.717, 1.165) is 29.7 Å². The smallest absolute Gasteiger partial charge is 0.347 e. The summed E-state index contributed by atoms with van der Waals surface area (Å²) in [5.74, 6) is -0.766. The second-order valence-corrected chi connectivity index (χ2v) is 8.19. The number of carboxylic acid groups (broad SMARTS) is 1. The third kappa shape index (κ3) is 3.54. The minimum Gasteiger partial charge on any atom is -0.487 e. The maximum Gasteiger partial charge on any atom is 0.347 e. The zero-order valence-electron chi connectivity index (χ0n) is 15.3. The van der Waals surface area contributed by atoms with Crippen molar-refractivity contribution < 1.29 is 23.8 Å². The van der Waals surface area contributed by atoms with Crippen molar-refractivity contribution >= 4 is 28.5 Å². The number of fused-ring (bicyclic) bond motifs is 1. The second kappa shape index (κ2) is 7.05. The Balaban J connectivity index is 1.38. The Hall–Kier alpha value is -2.68. The first-order valence-corrected chi connectivity index (χ1v) is 9.91. The Bertz CT molecular complexity index is 937. The number of ether oxygens (including phenoxy) is 1. The molecule has 1 spiro atoms. The number of halogens is 1. The summed E-state index contributed by atoms with van der Waals surface area (Å²) in [7, 11) is 0. The van der Waals surface area contributed by atoms with Crippen LogP contribution in [0.5, 0.6) is 5.75 Å². The van der Waals surface area contributed by atoms with Gasteiger partial charge in [-0.15, -0.1) is 0 Å². The lowest BCUT2D eigenvalue weighted by Gasteiger charge is -2.44. The Morgan fingerprint density at radius 1 is 1.32 bits per heavy atom. The van der Waals surface area contributed by atoms with E-state index < -0.39 is 5.97 Å². The molecule has 1 saturated heterocycles. The van der Waals surface area contributed by atoms with Gasteiger partial charge in [0.05, 0.1) is 5.69 Å². The Morgan fingerprint density at radius 3 is 2.75 bits per heavy atom.